The summed E-state index contributed by atoms with van der Waals surface area (Å²) in [6.07, 6.45) is 4.25. The van der Waals surface area contributed by atoms with E-state index in [9.17, 15) is 4.79 Å². The topological polar surface area (TPSA) is 44.4 Å². The largest absolute Gasteiger partial charge is 0.326 e. The molecular formula is C19H31N3O. The number of carbonyl (C=O) groups is 1. The number of rotatable bonds is 8. The zero-order chi connectivity index (χ0) is 16.5. The molecule has 1 aromatic carbocycles. The second-order valence-corrected chi connectivity index (χ2v) is 6.67. The van der Waals surface area contributed by atoms with Crippen LogP contribution in [0, 0.1) is 5.92 Å². The summed E-state index contributed by atoms with van der Waals surface area (Å²) < 4.78 is 0. The number of nitrogens with zero attached hydrogens (tertiary/aromatic N) is 1. The third kappa shape index (κ3) is 6.32. The lowest BCUT2D eigenvalue weighted by molar-refractivity contribution is -0.117. The summed E-state index contributed by atoms with van der Waals surface area (Å²) in [5.74, 6) is 0.821. The van der Waals surface area contributed by atoms with Crippen LogP contribution in [0.25, 0.3) is 0 Å². The van der Waals surface area contributed by atoms with E-state index in [0.717, 1.165) is 44.2 Å². The number of hydrogen-bond acceptors (Lipinski definition) is 3. The van der Waals surface area contributed by atoms with Crippen molar-refractivity contribution in [3.8, 4) is 0 Å². The maximum absolute atomic E-state index is 12.3. The van der Waals surface area contributed by atoms with Gasteiger partial charge in [-0.2, -0.15) is 0 Å². The van der Waals surface area contributed by atoms with Crippen LogP contribution in [0.4, 0.5) is 5.69 Å². The number of amides is 1. The molecule has 0 aliphatic carbocycles. The second-order valence-electron chi connectivity index (χ2n) is 6.67. The van der Waals surface area contributed by atoms with Gasteiger partial charge in [-0.05, 0) is 63.9 Å². The summed E-state index contributed by atoms with van der Waals surface area (Å²) in [6, 6.07) is 9.98. The van der Waals surface area contributed by atoms with Gasteiger partial charge < -0.3 is 10.6 Å². The molecule has 0 radical (unpaired) electrons. The van der Waals surface area contributed by atoms with E-state index in [2.05, 4.69) is 29.4 Å². The third-order valence-electron chi connectivity index (χ3n) is 4.56. The molecule has 2 N–H and O–H groups in total. The lowest BCUT2D eigenvalue weighted by Crippen LogP contribution is -2.43. The molecule has 4 heteroatoms. The normalized spacial score (nSPS) is 19.5. The maximum atomic E-state index is 12.3. The van der Waals surface area contributed by atoms with Gasteiger partial charge in [0.2, 0.25) is 5.91 Å². The van der Waals surface area contributed by atoms with Gasteiger partial charge in [0.1, 0.15) is 0 Å². The van der Waals surface area contributed by atoms with E-state index in [-0.39, 0.29) is 11.9 Å². The smallest absolute Gasteiger partial charge is 0.225 e. The Bertz CT molecular complexity index is 457. The molecule has 1 aliphatic rings. The summed E-state index contributed by atoms with van der Waals surface area (Å²) in [7, 11) is 0. The molecule has 1 aromatic rings. The van der Waals surface area contributed by atoms with E-state index in [1.165, 1.54) is 12.8 Å². The number of piperidine rings is 1. The van der Waals surface area contributed by atoms with Crippen molar-refractivity contribution in [1.82, 2.24) is 10.2 Å². The number of carbonyl (C=O) groups excluding carboxylic acids is 1. The number of para-hydroxylation sites is 1. The van der Waals surface area contributed by atoms with Crippen molar-refractivity contribution in [2.75, 3.05) is 31.5 Å². The molecule has 1 aliphatic heterocycles. The van der Waals surface area contributed by atoms with Gasteiger partial charge in [0.15, 0.2) is 0 Å². The van der Waals surface area contributed by atoms with Crippen molar-refractivity contribution in [1.29, 1.82) is 0 Å². The molecule has 0 saturated carbocycles. The van der Waals surface area contributed by atoms with Crippen molar-refractivity contribution < 1.29 is 4.79 Å². The van der Waals surface area contributed by atoms with Crippen molar-refractivity contribution in [3.05, 3.63) is 30.3 Å². The molecule has 128 valence electrons. The Kier molecular flexibility index (Phi) is 7.56. The molecule has 23 heavy (non-hydrogen) atoms. The lowest BCUT2D eigenvalue weighted by atomic mass is 9.98. The maximum Gasteiger partial charge on any atom is 0.225 e. The quantitative estimate of drug-likeness (QED) is 0.774. The Morgan fingerprint density at radius 3 is 2.83 bits per heavy atom. The first-order valence-corrected chi connectivity index (χ1v) is 8.98. The fraction of sp³-hybridized carbons (Fsp3) is 0.632. The van der Waals surface area contributed by atoms with Crippen LogP contribution in [0.1, 0.15) is 39.5 Å². The first-order chi connectivity index (χ1) is 11.2. The van der Waals surface area contributed by atoms with E-state index in [1.54, 1.807) is 0 Å². The molecule has 1 heterocycles. The van der Waals surface area contributed by atoms with Crippen molar-refractivity contribution in [2.24, 2.45) is 5.92 Å². The highest BCUT2D eigenvalue weighted by molar-refractivity contribution is 5.90. The average Bonchev–Trinajstić information content (AvgIpc) is 2.56. The molecule has 2 unspecified atom stereocenters. The fourth-order valence-electron chi connectivity index (χ4n) is 3.32. The monoisotopic (exact) mass is 317 g/mol. The van der Waals surface area contributed by atoms with E-state index in [1.807, 2.05) is 30.3 Å². The molecule has 0 spiro atoms. The van der Waals surface area contributed by atoms with Crippen LogP contribution in [0.5, 0.6) is 0 Å². The Hall–Kier alpha value is -1.39. The summed E-state index contributed by atoms with van der Waals surface area (Å²) in [6.45, 7) is 8.82. The minimum atomic E-state index is 0.103. The Morgan fingerprint density at radius 2 is 2.17 bits per heavy atom. The van der Waals surface area contributed by atoms with Crippen LogP contribution in [0.15, 0.2) is 30.3 Å². The zero-order valence-corrected chi connectivity index (χ0v) is 14.6. The van der Waals surface area contributed by atoms with E-state index < -0.39 is 0 Å². The van der Waals surface area contributed by atoms with Crippen LogP contribution >= 0.6 is 0 Å². The van der Waals surface area contributed by atoms with Crippen LogP contribution in [-0.4, -0.2) is 43.0 Å². The standard InChI is InChI=1S/C19H31N3O/c1-3-12-22(15-17-8-7-11-20-14-17)16(2)13-19(23)21-18-9-5-4-6-10-18/h4-6,9-10,16-17,20H,3,7-8,11-15H2,1-2H3,(H,21,23). The molecule has 1 amide bonds. The molecule has 1 fully saturated rings. The zero-order valence-electron chi connectivity index (χ0n) is 14.6. The first kappa shape index (κ1) is 18.0. The second kappa shape index (κ2) is 9.68. The minimum absolute atomic E-state index is 0.103. The molecule has 2 rings (SSSR count). The van der Waals surface area contributed by atoms with E-state index in [0.29, 0.717) is 6.42 Å². The van der Waals surface area contributed by atoms with E-state index >= 15 is 0 Å². The van der Waals surface area contributed by atoms with Crippen molar-refractivity contribution in [3.63, 3.8) is 0 Å². The molecule has 0 bridgehead atoms. The Morgan fingerprint density at radius 1 is 1.39 bits per heavy atom. The lowest BCUT2D eigenvalue weighted by Gasteiger charge is -2.34. The highest BCUT2D eigenvalue weighted by Crippen LogP contribution is 2.16. The third-order valence-corrected chi connectivity index (χ3v) is 4.56. The van der Waals surface area contributed by atoms with Gasteiger partial charge in [0, 0.05) is 24.7 Å². The van der Waals surface area contributed by atoms with Gasteiger partial charge in [-0.3, -0.25) is 9.69 Å². The highest BCUT2D eigenvalue weighted by atomic mass is 16.1. The van der Waals surface area contributed by atoms with Crippen LogP contribution in [0.3, 0.4) is 0 Å². The van der Waals surface area contributed by atoms with Crippen LogP contribution in [-0.2, 0) is 4.79 Å². The van der Waals surface area contributed by atoms with Gasteiger partial charge in [-0.15, -0.1) is 0 Å². The van der Waals surface area contributed by atoms with Gasteiger partial charge in [-0.25, -0.2) is 0 Å². The molecule has 1 saturated heterocycles. The van der Waals surface area contributed by atoms with Crippen LogP contribution in [0.2, 0.25) is 0 Å². The van der Waals surface area contributed by atoms with Gasteiger partial charge in [-0.1, -0.05) is 25.1 Å². The molecule has 4 nitrogen and oxygen atoms in total. The number of hydrogen-bond donors (Lipinski definition) is 2. The molecule has 2 atom stereocenters. The number of benzene rings is 1. The molecule has 0 aromatic heterocycles. The highest BCUT2D eigenvalue weighted by Gasteiger charge is 2.21. The Balaban J connectivity index is 1.83. The fourth-order valence-corrected chi connectivity index (χ4v) is 3.32. The van der Waals surface area contributed by atoms with Crippen molar-refractivity contribution >= 4 is 11.6 Å². The predicted molar refractivity (Wildman–Crippen MR) is 96.6 cm³/mol. The SMILES string of the molecule is CCCN(CC1CCCNC1)C(C)CC(=O)Nc1ccccc1. The Labute approximate surface area is 140 Å². The van der Waals surface area contributed by atoms with Gasteiger partial charge in [0.25, 0.3) is 0 Å². The van der Waals surface area contributed by atoms with Crippen molar-refractivity contribution in [2.45, 2.75) is 45.6 Å². The first-order valence-electron chi connectivity index (χ1n) is 8.98. The minimum Gasteiger partial charge on any atom is -0.326 e. The average molecular weight is 317 g/mol. The van der Waals surface area contributed by atoms with Gasteiger partial charge in [0.05, 0.1) is 0 Å². The summed E-state index contributed by atoms with van der Waals surface area (Å²) >= 11 is 0. The molecular weight excluding hydrogens is 286 g/mol. The number of anilines is 1. The summed E-state index contributed by atoms with van der Waals surface area (Å²) in [4.78, 5) is 14.8. The number of nitrogens with one attached hydrogen (secondary N) is 2. The predicted octanol–water partition coefficient (Wildman–Crippen LogP) is 3.12. The summed E-state index contributed by atoms with van der Waals surface area (Å²) in [5, 5.41) is 6.48. The van der Waals surface area contributed by atoms with Gasteiger partial charge >= 0.3 is 0 Å². The van der Waals surface area contributed by atoms with Crippen LogP contribution < -0.4 is 10.6 Å². The van der Waals surface area contributed by atoms with E-state index in [4.69, 9.17) is 0 Å². The summed E-state index contributed by atoms with van der Waals surface area (Å²) in [5.41, 5.74) is 0.878.